The first kappa shape index (κ1) is 16.6. The maximum Gasteiger partial charge on any atom is 0.0178 e. The first-order valence-electron chi connectivity index (χ1n) is 8.82. The molecule has 1 nitrogen and oxygen atoms in total. The molecular formula is C18H35N. The molecule has 1 fully saturated rings. The minimum absolute atomic E-state index is 1.27. The van der Waals surface area contributed by atoms with Gasteiger partial charge in [-0.05, 0) is 32.1 Å². The molecule has 0 bridgehead atoms. The predicted molar refractivity (Wildman–Crippen MR) is 86.4 cm³/mol. The summed E-state index contributed by atoms with van der Waals surface area (Å²) in [4.78, 5) is 2.60. The molecule has 0 aromatic heterocycles. The molecule has 1 aliphatic rings. The molecule has 112 valence electrons. The lowest BCUT2D eigenvalue weighted by Gasteiger charge is -2.18. The lowest BCUT2D eigenvalue weighted by molar-refractivity contribution is 0.390. The van der Waals surface area contributed by atoms with Crippen molar-refractivity contribution in [3.05, 3.63) is 11.8 Å². The van der Waals surface area contributed by atoms with E-state index >= 15 is 0 Å². The monoisotopic (exact) mass is 265 g/mol. The summed E-state index contributed by atoms with van der Waals surface area (Å²) in [5.41, 5.74) is 1.64. The van der Waals surface area contributed by atoms with Gasteiger partial charge in [0.2, 0.25) is 0 Å². The summed E-state index contributed by atoms with van der Waals surface area (Å²) in [5.74, 6) is 0. The van der Waals surface area contributed by atoms with Crippen LogP contribution in [0.25, 0.3) is 0 Å². The van der Waals surface area contributed by atoms with Gasteiger partial charge in [-0.2, -0.15) is 0 Å². The van der Waals surface area contributed by atoms with Gasteiger partial charge in [0, 0.05) is 18.8 Å². The molecule has 1 saturated heterocycles. The van der Waals surface area contributed by atoms with Gasteiger partial charge in [0.25, 0.3) is 0 Å². The van der Waals surface area contributed by atoms with Gasteiger partial charge in [-0.15, -0.1) is 0 Å². The van der Waals surface area contributed by atoms with Gasteiger partial charge in [0.15, 0.2) is 0 Å². The Morgan fingerprint density at radius 2 is 1.58 bits per heavy atom. The molecule has 0 radical (unpaired) electrons. The third-order valence-electron chi connectivity index (χ3n) is 4.20. The molecule has 0 spiro atoms. The van der Waals surface area contributed by atoms with Gasteiger partial charge in [-0.3, -0.25) is 0 Å². The molecule has 0 unspecified atom stereocenters. The fourth-order valence-corrected chi connectivity index (χ4v) is 3.06. The number of hydrogen-bond acceptors (Lipinski definition) is 1. The van der Waals surface area contributed by atoms with Crippen molar-refractivity contribution in [2.45, 2.75) is 90.9 Å². The van der Waals surface area contributed by atoms with Gasteiger partial charge < -0.3 is 4.90 Å². The lowest BCUT2D eigenvalue weighted by Crippen LogP contribution is -2.18. The van der Waals surface area contributed by atoms with Crippen molar-refractivity contribution >= 4 is 0 Å². The van der Waals surface area contributed by atoms with Crippen molar-refractivity contribution in [2.24, 2.45) is 0 Å². The highest BCUT2D eigenvalue weighted by molar-refractivity contribution is 5.05. The summed E-state index contributed by atoms with van der Waals surface area (Å²) in [6.07, 6.45) is 19.3. The van der Waals surface area contributed by atoms with Crippen LogP contribution in [0.3, 0.4) is 0 Å². The predicted octanol–water partition coefficient (Wildman–Crippen LogP) is 5.91. The van der Waals surface area contributed by atoms with Crippen LogP contribution in [0.4, 0.5) is 0 Å². The summed E-state index contributed by atoms with van der Waals surface area (Å²) in [7, 11) is 0. The van der Waals surface area contributed by atoms with E-state index in [1.807, 2.05) is 0 Å². The van der Waals surface area contributed by atoms with E-state index in [0.717, 1.165) is 0 Å². The topological polar surface area (TPSA) is 3.24 Å². The van der Waals surface area contributed by atoms with E-state index in [1.54, 1.807) is 5.70 Å². The van der Waals surface area contributed by atoms with Crippen LogP contribution < -0.4 is 0 Å². The summed E-state index contributed by atoms with van der Waals surface area (Å²) in [6.45, 7) is 7.15. The lowest BCUT2D eigenvalue weighted by atomic mass is 10.1. The van der Waals surface area contributed by atoms with E-state index in [0.29, 0.717) is 0 Å². The van der Waals surface area contributed by atoms with Gasteiger partial charge in [0.1, 0.15) is 0 Å². The van der Waals surface area contributed by atoms with Gasteiger partial charge >= 0.3 is 0 Å². The second kappa shape index (κ2) is 11.4. The smallest absolute Gasteiger partial charge is 0.0178 e. The summed E-state index contributed by atoms with van der Waals surface area (Å²) in [5, 5.41) is 0. The molecule has 0 aromatic rings. The summed E-state index contributed by atoms with van der Waals surface area (Å²) < 4.78 is 0. The Morgan fingerprint density at radius 3 is 2.26 bits per heavy atom. The van der Waals surface area contributed by atoms with Gasteiger partial charge in [0.05, 0.1) is 0 Å². The van der Waals surface area contributed by atoms with Crippen LogP contribution in [-0.4, -0.2) is 18.0 Å². The molecule has 0 N–H and O–H groups in total. The second-order valence-electron chi connectivity index (χ2n) is 6.05. The maximum atomic E-state index is 2.60. The molecule has 1 heterocycles. The normalized spacial score (nSPS) is 17.6. The molecular weight excluding hydrogens is 230 g/mol. The van der Waals surface area contributed by atoms with Crippen LogP contribution >= 0.6 is 0 Å². The SMILES string of the molecule is CCCCCCCCCCC=C1CCCN1CCC. The van der Waals surface area contributed by atoms with Crippen LogP contribution in [0.5, 0.6) is 0 Å². The largest absolute Gasteiger partial charge is 0.375 e. The van der Waals surface area contributed by atoms with E-state index in [1.165, 1.54) is 90.1 Å². The molecule has 0 aliphatic carbocycles. The first-order valence-corrected chi connectivity index (χ1v) is 8.82. The van der Waals surface area contributed by atoms with Crippen LogP contribution in [-0.2, 0) is 0 Å². The Hall–Kier alpha value is -0.460. The van der Waals surface area contributed by atoms with Crippen molar-refractivity contribution < 1.29 is 0 Å². The maximum absolute atomic E-state index is 2.60. The standard InChI is InChI=1S/C18H35N/c1-3-5-6-7-8-9-10-11-12-14-18-15-13-17-19(18)16-4-2/h14H,3-13,15-17H2,1-2H3. The zero-order valence-electron chi connectivity index (χ0n) is 13.4. The first-order chi connectivity index (χ1) is 9.38. The fourth-order valence-electron chi connectivity index (χ4n) is 3.06. The van der Waals surface area contributed by atoms with Crippen molar-refractivity contribution in [2.75, 3.05) is 13.1 Å². The second-order valence-corrected chi connectivity index (χ2v) is 6.05. The van der Waals surface area contributed by atoms with E-state index in [-0.39, 0.29) is 0 Å². The Bertz CT molecular complexity index is 232. The number of likely N-dealkylation sites (tertiary alicyclic amines) is 1. The summed E-state index contributed by atoms with van der Waals surface area (Å²) in [6, 6.07) is 0. The Morgan fingerprint density at radius 1 is 0.895 bits per heavy atom. The van der Waals surface area contributed by atoms with Gasteiger partial charge in [-0.25, -0.2) is 0 Å². The molecule has 19 heavy (non-hydrogen) atoms. The van der Waals surface area contributed by atoms with E-state index < -0.39 is 0 Å². The Labute approximate surface area is 121 Å². The Balaban J connectivity index is 1.97. The molecule has 0 aromatic carbocycles. The molecule has 1 heteroatoms. The summed E-state index contributed by atoms with van der Waals surface area (Å²) >= 11 is 0. The number of nitrogens with zero attached hydrogens (tertiary/aromatic N) is 1. The molecule has 1 rings (SSSR count). The third kappa shape index (κ3) is 7.64. The minimum atomic E-state index is 1.27. The Kier molecular flexibility index (Phi) is 9.93. The fraction of sp³-hybridized carbons (Fsp3) is 0.889. The zero-order valence-corrected chi connectivity index (χ0v) is 13.4. The van der Waals surface area contributed by atoms with Crippen LogP contribution in [0.15, 0.2) is 11.8 Å². The highest BCUT2D eigenvalue weighted by Gasteiger charge is 2.14. The van der Waals surface area contributed by atoms with Crippen molar-refractivity contribution in [3.8, 4) is 0 Å². The van der Waals surface area contributed by atoms with Crippen molar-refractivity contribution in [3.63, 3.8) is 0 Å². The minimum Gasteiger partial charge on any atom is -0.375 e. The number of allylic oxidation sites excluding steroid dienone is 2. The van der Waals surface area contributed by atoms with E-state index in [4.69, 9.17) is 0 Å². The zero-order chi connectivity index (χ0) is 13.8. The quantitative estimate of drug-likeness (QED) is 0.420. The molecule has 0 atom stereocenters. The van der Waals surface area contributed by atoms with Crippen LogP contribution in [0, 0.1) is 0 Å². The number of rotatable bonds is 11. The van der Waals surface area contributed by atoms with Crippen molar-refractivity contribution in [1.82, 2.24) is 4.90 Å². The van der Waals surface area contributed by atoms with Gasteiger partial charge in [-0.1, -0.05) is 64.9 Å². The van der Waals surface area contributed by atoms with E-state index in [2.05, 4.69) is 24.8 Å². The molecule has 1 aliphatic heterocycles. The van der Waals surface area contributed by atoms with Crippen molar-refractivity contribution in [1.29, 1.82) is 0 Å². The highest BCUT2D eigenvalue weighted by atomic mass is 15.1. The van der Waals surface area contributed by atoms with E-state index in [9.17, 15) is 0 Å². The third-order valence-corrected chi connectivity index (χ3v) is 4.20. The average molecular weight is 265 g/mol. The van der Waals surface area contributed by atoms with Crippen LogP contribution in [0.1, 0.15) is 90.9 Å². The van der Waals surface area contributed by atoms with Crippen LogP contribution in [0.2, 0.25) is 0 Å². The molecule has 0 saturated carbocycles. The number of hydrogen-bond donors (Lipinski definition) is 0. The average Bonchev–Trinajstić information content (AvgIpc) is 2.85. The molecule has 0 amide bonds. The number of unbranched alkanes of at least 4 members (excludes halogenated alkanes) is 8. The highest BCUT2D eigenvalue weighted by Crippen LogP contribution is 2.22.